The van der Waals surface area contributed by atoms with Gasteiger partial charge in [0.1, 0.15) is 12.4 Å². The van der Waals surface area contributed by atoms with Gasteiger partial charge >= 0.3 is 12.0 Å². The van der Waals surface area contributed by atoms with Crippen LogP contribution >= 0.6 is 15.9 Å². The van der Waals surface area contributed by atoms with E-state index < -0.39 is 24.4 Å². The maximum Gasteiger partial charge on any atom is 0.323 e. The maximum absolute atomic E-state index is 13.3. The standard InChI is InChI=1S/C10H8BrFN2O3/c11-9-5-3-14(4-8(15)16)10(17)13-7(5)2-1-6(9)12/h1-2H,3-4H2,(H,13,17)(H,15,16). The third-order valence-electron chi connectivity index (χ3n) is 2.40. The summed E-state index contributed by atoms with van der Waals surface area (Å²) in [5.41, 5.74) is 1.02. The number of anilines is 1. The Balaban J connectivity index is 2.35. The fraction of sp³-hybridized carbons (Fsp3) is 0.200. The minimum Gasteiger partial charge on any atom is -0.480 e. The van der Waals surface area contributed by atoms with E-state index in [1.807, 2.05) is 0 Å². The number of nitrogens with one attached hydrogen (secondary N) is 1. The van der Waals surface area contributed by atoms with Crippen LogP contribution in [0, 0.1) is 5.82 Å². The quantitative estimate of drug-likeness (QED) is 0.878. The van der Waals surface area contributed by atoms with E-state index >= 15 is 0 Å². The van der Waals surface area contributed by atoms with Crippen molar-refractivity contribution in [2.75, 3.05) is 11.9 Å². The summed E-state index contributed by atoms with van der Waals surface area (Å²) < 4.78 is 13.5. The lowest BCUT2D eigenvalue weighted by Crippen LogP contribution is -2.41. The largest absolute Gasteiger partial charge is 0.480 e. The number of carboxylic acids is 1. The number of carbonyl (C=O) groups is 2. The van der Waals surface area contributed by atoms with Crippen LogP contribution in [0.1, 0.15) is 5.56 Å². The topological polar surface area (TPSA) is 69.6 Å². The first-order chi connectivity index (χ1) is 7.99. The molecular weight excluding hydrogens is 295 g/mol. The van der Waals surface area contributed by atoms with Crippen molar-refractivity contribution < 1.29 is 19.1 Å². The van der Waals surface area contributed by atoms with E-state index in [1.54, 1.807) is 0 Å². The van der Waals surface area contributed by atoms with Crippen LogP contribution in [-0.4, -0.2) is 28.6 Å². The van der Waals surface area contributed by atoms with Crippen LogP contribution in [0.15, 0.2) is 16.6 Å². The molecule has 1 heterocycles. The highest BCUT2D eigenvalue weighted by Crippen LogP contribution is 2.31. The number of halogens is 2. The van der Waals surface area contributed by atoms with E-state index in [0.29, 0.717) is 11.3 Å². The molecule has 0 aliphatic carbocycles. The van der Waals surface area contributed by atoms with Crippen LogP contribution in [-0.2, 0) is 11.3 Å². The third-order valence-corrected chi connectivity index (χ3v) is 3.26. The first-order valence-electron chi connectivity index (χ1n) is 4.73. The zero-order chi connectivity index (χ0) is 12.6. The molecule has 0 bridgehead atoms. The molecule has 0 spiro atoms. The van der Waals surface area contributed by atoms with Gasteiger partial charge in [0, 0.05) is 11.3 Å². The van der Waals surface area contributed by atoms with Gasteiger partial charge in [0.2, 0.25) is 0 Å². The Morgan fingerprint density at radius 1 is 1.59 bits per heavy atom. The van der Waals surface area contributed by atoms with Crippen molar-refractivity contribution in [2.45, 2.75) is 6.54 Å². The van der Waals surface area contributed by atoms with Crippen molar-refractivity contribution >= 4 is 33.6 Å². The predicted octanol–water partition coefficient (Wildman–Crippen LogP) is 2.02. The van der Waals surface area contributed by atoms with Crippen LogP contribution in [0.4, 0.5) is 14.9 Å². The number of fused-ring (bicyclic) bond motifs is 1. The Labute approximate surface area is 104 Å². The molecule has 1 aromatic carbocycles. The molecule has 1 aromatic rings. The van der Waals surface area contributed by atoms with Crippen molar-refractivity contribution in [2.24, 2.45) is 0 Å². The molecule has 2 amide bonds. The van der Waals surface area contributed by atoms with Gasteiger partial charge in [-0.25, -0.2) is 9.18 Å². The summed E-state index contributed by atoms with van der Waals surface area (Å²) in [7, 11) is 0. The van der Waals surface area contributed by atoms with E-state index in [2.05, 4.69) is 21.2 Å². The second kappa shape index (κ2) is 4.33. The molecule has 0 unspecified atom stereocenters. The Hall–Kier alpha value is -1.63. The number of rotatable bonds is 2. The summed E-state index contributed by atoms with van der Waals surface area (Å²) in [4.78, 5) is 23.2. The van der Waals surface area contributed by atoms with Crippen LogP contribution in [0.5, 0.6) is 0 Å². The highest BCUT2D eigenvalue weighted by atomic mass is 79.9. The fourth-order valence-electron chi connectivity index (χ4n) is 1.61. The van der Waals surface area contributed by atoms with E-state index in [9.17, 15) is 14.0 Å². The summed E-state index contributed by atoms with van der Waals surface area (Å²) in [6, 6.07) is 2.18. The molecule has 0 atom stereocenters. The summed E-state index contributed by atoms with van der Waals surface area (Å²) in [5.74, 6) is -1.56. The number of carboxylic acid groups (broad SMARTS) is 1. The maximum atomic E-state index is 13.3. The number of urea groups is 1. The lowest BCUT2D eigenvalue weighted by atomic mass is 10.1. The Bertz CT molecular complexity index is 507. The van der Waals surface area contributed by atoms with Gasteiger partial charge < -0.3 is 15.3 Å². The molecule has 1 aliphatic rings. The Morgan fingerprint density at radius 3 is 2.94 bits per heavy atom. The van der Waals surface area contributed by atoms with Gasteiger partial charge in [-0.05, 0) is 28.1 Å². The minimum atomic E-state index is -1.11. The average molecular weight is 303 g/mol. The molecule has 90 valence electrons. The number of carbonyl (C=O) groups excluding carboxylic acids is 1. The smallest absolute Gasteiger partial charge is 0.323 e. The molecule has 1 aliphatic heterocycles. The summed E-state index contributed by atoms with van der Waals surface area (Å²) in [5, 5.41) is 11.2. The van der Waals surface area contributed by atoms with Crippen LogP contribution in [0.25, 0.3) is 0 Å². The minimum absolute atomic E-state index is 0.0613. The summed E-state index contributed by atoms with van der Waals surface area (Å²) in [6.07, 6.45) is 0. The van der Waals surface area contributed by atoms with Crippen LogP contribution in [0.2, 0.25) is 0 Å². The lowest BCUT2D eigenvalue weighted by molar-refractivity contribution is -0.137. The second-order valence-electron chi connectivity index (χ2n) is 3.57. The number of hydrogen-bond acceptors (Lipinski definition) is 2. The van der Waals surface area contributed by atoms with E-state index in [4.69, 9.17) is 5.11 Å². The van der Waals surface area contributed by atoms with Gasteiger partial charge in [0.05, 0.1) is 11.0 Å². The molecule has 0 radical (unpaired) electrons. The van der Waals surface area contributed by atoms with Gasteiger partial charge in [-0.1, -0.05) is 0 Å². The average Bonchev–Trinajstić information content (AvgIpc) is 2.25. The molecule has 0 saturated heterocycles. The molecule has 0 fully saturated rings. The molecular formula is C10H8BrFN2O3. The van der Waals surface area contributed by atoms with E-state index in [-0.39, 0.29) is 11.0 Å². The summed E-state index contributed by atoms with van der Waals surface area (Å²) >= 11 is 3.08. The fourth-order valence-corrected chi connectivity index (χ4v) is 2.08. The molecule has 7 heteroatoms. The monoisotopic (exact) mass is 302 g/mol. The van der Waals surface area contributed by atoms with E-state index in [0.717, 1.165) is 4.90 Å². The second-order valence-corrected chi connectivity index (χ2v) is 4.36. The zero-order valence-corrected chi connectivity index (χ0v) is 10.1. The van der Waals surface area contributed by atoms with Crippen molar-refractivity contribution in [3.05, 3.63) is 28.0 Å². The van der Waals surface area contributed by atoms with Crippen molar-refractivity contribution in [3.8, 4) is 0 Å². The summed E-state index contributed by atoms with van der Waals surface area (Å²) in [6.45, 7) is -0.361. The van der Waals surface area contributed by atoms with Crippen LogP contribution in [0.3, 0.4) is 0 Å². The Morgan fingerprint density at radius 2 is 2.29 bits per heavy atom. The lowest BCUT2D eigenvalue weighted by Gasteiger charge is -2.28. The van der Waals surface area contributed by atoms with Crippen molar-refractivity contribution in [1.29, 1.82) is 0 Å². The first kappa shape index (κ1) is 11.8. The highest BCUT2D eigenvalue weighted by Gasteiger charge is 2.26. The number of hydrogen-bond donors (Lipinski definition) is 2. The highest BCUT2D eigenvalue weighted by molar-refractivity contribution is 9.10. The van der Waals surface area contributed by atoms with Crippen molar-refractivity contribution in [3.63, 3.8) is 0 Å². The molecule has 2 N–H and O–H groups in total. The SMILES string of the molecule is O=C(O)CN1Cc2c(ccc(F)c2Br)NC1=O. The van der Waals surface area contributed by atoms with Gasteiger partial charge in [0.15, 0.2) is 0 Å². The van der Waals surface area contributed by atoms with Crippen molar-refractivity contribution in [1.82, 2.24) is 4.90 Å². The number of amides is 2. The van der Waals surface area contributed by atoms with Gasteiger partial charge in [-0.3, -0.25) is 4.79 Å². The molecule has 17 heavy (non-hydrogen) atoms. The molecule has 0 saturated carbocycles. The predicted molar refractivity (Wildman–Crippen MR) is 61.2 cm³/mol. The molecule has 5 nitrogen and oxygen atoms in total. The Kier molecular flexibility index (Phi) is 3.01. The normalized spacial score (nSPS) is 14.2. The van der Waals surface area contributed by atoms with Gasteiger partial charge in [-0.2, -0.15) is 0 Å². The number of benzene rings is 1. The van der Waals surface area contributed by atoms with Crippen LogP contribution < -0.4 is 5.32 Å². The first-order valence-corrected chi connectivity index (χ1v) is 5.53. The number of aliphatic carboxylic acids is 1. The number of nitrogens with zero attached hydrogens (tertiary/aromatic N) is 1. The van der Waals surface area contributed by atoms with Gasteiger partial charge in [-0.15, -0.1) is 0 Å². The van der Waals surface area contributed by atoms with Gasteiger partial charge in [0.25, 0.3) is 0 Å². The third kappa shape index (κ3) is 2.23. The molecule has 0 aromatic heterocycles. The molecule has 2 rings (SSSR count). The van der Waals surface area contributed by atoms with E-state index in [1.165, 1.54) is 12.1 Å². The zero-order valence-electron chi connectivity index (χ0n) is 8.54.